The Balaban J connectivity index is 1.37. The number of hydrogen-bond donors (Lipinski definition) is 0. The van der Waals surface area contributed by atoms with E-state index >= 15 is 0 Å². The van der Waals surface area contributed by atoms with Crippen LogP contribution >= 0.6 is 0 Å². The van der Waals surface area contributed by atoms with Crippen LogP contribution in [0.3, 0.4) is 0 Å². The van der Waals surface area contributed by atoms with Crippen LogP contribution in [0.5, 0.6) is 0 Å². The number of halogens is 1. The van der Waals surface area contributed by atoms with E-state index in [4.69, 9.17) is 4.74 Å². The molecule has 1 spiro atoms. The minimum atomic E-state index is -0.584. The summed E-state index contributed by atoms with van der Waals surface area (Å²) in [5, 5.41) is 0.920. The Morgan fingerprint density at radius 1 is 1.13 bits per heavy atom. The first kappa shape index (κ1) is 19.6. The van der Waals surface area contributed by atoms with Crippen LogP contribution in [0.1, 0.15) is 23.2 Å². The Labute approximate surface area is 179 Å². The first-order valence-corrected chi connectivity index (χ1v) is 10.3. The van der Waals surface area contributed by atoms with E-state index in [0.29, 0.717) is 37.2 Å². The van der Waals surface area contributed by atoms with Crippen molar-refractivity contribution in [3.63, 3.8) is 0 Å². The van der Waals surface area contributed by atoms with Gasteiger partial charge in [-0.3, -0.25) is 14.6 Å². The highest BCUT2D eigenvalue weighted by atomic mass is 19.1. The average molecular weight is 419 g/mol. The van der Waals surface area contributed by atoms with Crippen LogP contribution in [0.2, 0.25) is 0 Å². The standard InChI is InChI=1S/C24H22FN3O3/c1-31-21-23(30)28(19-6-2-5-18(25)15-19)24(21)9-12-27(13-10-24)22(29)17-7-8-20-16(14-17)4-3-11-26-20/h2-8,11,14-15,21H,9-10,12-13H2,1H3. The number of β-lactam (4-membered cyclic amide) rings is 1. The second-order valence-electron chi connectivity index (χ2n) is 8.08. The second kappa shape index (κ2) is 7.42. The number of nitrogens with zero attached hydrogens (tertiary/aromatic N) is 3. The number of likely N-dealkylation sites (tertiary alicyclic amines) is 1. The van der Waals surface area contributed by atoms with Gasteiger partial charge in [0.15, 0.2) is 6.10 Å². The normalized spacial score (nSPS) is 20.2. The van der Waals surface area contributed by atoms with Gasteiger partial charge in [-0.25, -0.2) is 4.39 Å². The minimum absolute atomic E-state index is 0.0440. The zero-order valence-corrected chi connectivity index (χ0v) is 17.1. The number of ether oxygens (including phenoxy) is 1. The van der Waals surface area contributed by atoms with Crippen LogP contribution in [0.15, 0.2) is 60.8 Å². The predicted octanol–water partition coefficient (Wildman–Crippen LogP) is 3.41. The van der Waals surface area contributed by atoms with E-state index in [2.05, 4.69) is 4.98 Å². The van der Waals surface area contributed by atoms with Gasteiger partial charge in [0.05, 0.1) is 11.1 Å². The van der Waals surface area contributed by atoms with Gasteiger partial charge in [0, 0.05) is 43.0 Å². The molecule has 0 radical (unpaired) electrons. The minimum Gasteiger partial charge on any atom is -0.369 e. The number of methoxy groups -OCH3 is 1. The molecule has 0 bridgehead atoms. The predicted molar refractivity (Wildman–Crippen MR) is 114 cm³/mol. The van der Waals surface area contributed by atoms with Crippen molar-refractivity contribution in [1.82, 2.24) is 9.88 Å². The largest absolute Gasteiger partial charge is 0.369 e. The van der Waals surface area contributed by atoms with Crippen molar-refractivity contribution in [1.29, 1.82) is 0 Å². The lowest BCUT2D eigenvalue weighted by molar-refractivity contribution is -0.150. The van der Waals surface area contributed by atoms with Gasteiger partial charge in [-0.2, -0.15) is 0 Å². The van der Waals surface area contributed by atoms with E-state index < -0.39 is 11.6 Å². The van der Waals surface area contributed by atoms with Crippen molar-refractivity contribution < 1.29 is 18.7 Å². The van der Waals surface area contributed by atoms with Crippen LogP contribution in [0, 0.1) is 5.82 Å². The van der Waals surface area contributed by atoms with E-state index in [1.807, 2.05) is 29.2 Å². The maximum Gasteiger partial charge on any atom is 0.259 e. The molecule has 1 aromatic heterocycles. The number of hydrogen-bond acceptors (Lipinski definition) is 4. The lowest BCUT2D eigenvalue weighted by atomic mass is 9.72. The maximum absolute atomic E-state index is 13.8. The van der Waals surface area contributed by atoms with Crippen molar-refractivity contribution in [2.45, 2.75) is 24.5 Å². The van der Waals surface area contributed by atoms with Crippen LogP contribution in [0.4, 0.5) is 10.1 Å². The summed E-state index contributed by atoms with van der Waals surface area (Å²) < 4.78 is 19.3. The number of carbonyl (C=O) groups is 2. The first-order valence-electron chi connectivity index (χ1n) is 10.3. The van der Waals surface area contributed by atoms with Crippen molar-refractivity contribution >= 4 is 28.4 Å². The summed E-state index contributed by atoms with van der Waals surface area (Å²) in [6.07, 6.45) is 2.27. The second-order valence-corrected chi connectivity index (χ2v) is 8.08. The number of piperidine rings is 1. The van der Waals surface area contributed by atoms with Gasteiger partial charge in [-0.05, 0) is 55.3 Å². The van der Waals surface area contributed by atoms with Gasteiger partial charge in [-0.1, -0.05) is 12.1 Å². The molecule has 0 aliphatic carbocycles. The van der Waals surface area contributed by atoms with Gasteiger partial charge >= 0.3 is 0 Å². The summed E-state index contributed by atoms with van der Waals surface area (Å²) in [5.74, 6) is -0.604. The van der Waals surface area contributed by atoms with E-state index in [-0.39, 0.29) is 17.6 Å². The SMILES string of the molecule is COC1C(=O)N(c2cccc(F)c2)C12CCN(C(=O)c1ccc3ncccc3c1)CC2. The van der Waals surface area contributed by atoms with Crippen molar-refractivity contribution in [2.24, 2.45) is 0 Å². The number of aromatic nitrogens is 1. The monoisotopic (exact) mass is 419 g/mol. The molecule has 6 nitrogen and oxygen atoms in total. The summed E-state index contributed by atoms with van der Waals surface area (Å²) in [7, 11) is 1.52. The molecule has 158 valence electrons. The Bertz CT molecular complexity index is 1170. The molecule has 3 heterocycles. The van der Waals surface area contributed by atoms with Gasteiger partial charge in [0.1, 0.15) is 5.82 Å². The van der Waals surface area contributed by atoms with E-state index in [0.717, 1.165) is 10.9 Å². The Morgan fingerprint density at radius 2 is 1.94 bits per heavy atom. The molecule has 3 aromatic rings. The lowest BCUT2D eigenvalue weighted by Gasteiger charge is -2.59. The fourth-order valence-electron chi connectivity index (χ4n) is 4.91. The smallest absolute Gasteiger partial charge is 0.259 e. The molecule has 2 amide bonds. The average Bonchev–Trinajstić information content (AvgIpc) is 2.79. The van der Waals surface area contributed by atoms with Gasteiger partial charge < -0.3 is 14.5 Å². The molecule has 1 unspecified atom stereocenters. The number of benzene rings is 2. The Kier molecular flexibility index (Phi) is 4.70. The van der Waals surface area contributed by atoms with Crippen LogP contribution in [-0.4, -0.2) is 53.5 Å². The lowest BCUT2D eigenvalue weighted by Crippen LogP contribution is -2.78. The number of pyridine rings is 1. The van der Waals surface area contributed by atoms with E-state index in [1.165, 1.54) is 19.2 Å². The van der Waals surface area contributed by atoms with Crippen LogP contribution in [-0.2, 0) is 9.53 Å². The zero-order valence-electron chi connectivity index (χ0n) is 17.1. The third kappa shape index (κ3) is 3.08. The number of rotatable bonds is 3. The van der Waals surface area contributed by atoms with Crippen molar-refractivity contribution in [2.75, 3.05) is 25.1 Å². The number of fused-ring (bicyclic) bond motifs is 1. The summed E-state index contributed by atoms with van der Waals surface area (Å²) in [4.78, 5) is 33.6. The fourth-order valence-corrected chi connectivity index (χ4v) is 4.91. The molecule has 5 rings (SSSR count). The fraction of sp³-hybridized carbons (Fsp3) is 0.292. The molecule has 2 fully saturated rings. The molecule has 0 saturated carbocycles. The van der Waals surface area contributed by atoms with E-state index in [1.54, 1.807) is 29.3 Å². The summed E-state index contributed by atoms with van der Waals surface area (Å²) in [5.41, 5.74) is 1.42. The van der Waals surface area contributed by atoms with Crippen LogP contribution in [0.25, 0.3) is 10.9 Å². The molecule has 2 aliphatic rings. The van der Waals surface area contributed by atoms with Gasteiger partial charge in [-0.15, -0.1) is 0 Å². The molecule has 2 aliphatic heterocycles. The highest BCUT2D eigenvalue weighted by Gasteiger charge is 2.62. The quantitative estimate of drug-likeness (QED) is 0.611. The molecule has 1 atom stereocenters. The highest BCUT2D eigenvalue weighted by Crippen LogP contribution is 2.45. The molecule has 0 N–H and O–H groups in total. The van der Waals surface area contributed by atoms with Gasteiger partial charge in [0.2, 0.25) is 0 Å². The molecule has 31 heavy (non-hydrogen) atoms. The van der Waals surface area contributed by atoms with Crippen molar-refractivity contribution in [3.8, 4) is 0 Å². The molecule has 2 aromatic carbocycles. The number of carbonyl (C=O) groups excluding carboxylic acids is 2. The Morgan fingerprint density at radius 3 is 2.68 bits per heavy atom. The summed E-state index contributed by atoms with van der Waals surface area (Å²) in [6, 6.07) is 15.3. The first-order chi connectivity index (χ1) is 15.0. The van der Waals surface area contributed by atoms with Crippen LogP contribution < -0.4 is 4.90 Å². The van der Waals surface area contributed by atoms with Gasteiger partial charge in [0.25, 0.3) is 11.8 Å². The number of anilines is 1. The molecule has 2 saturated heterocycles. The zero-order chi connectivity index (χ0) is 21.6. The highest BCUT2D eigenvalue weighted by molar-refractivity contribution is 6.07. The number of amides is 2. The summed E-state index contributed by atoms with van der Waals surface area (Å²) >= 11 is 0. The van der Waals surface area contributed by atoms with E-state index in [9.17, 15) is 14.0 Å². The molecule has 7 heteroatoms. The third-order valence-electron chi connectivity index (χ3n) is 6.45. The topological polar surface area (TPSA) is 62.7 Å². The third-order valence-corrected chi connectivity index (χ3v) is 6.45. The molecular formula is C24H22FN3O3. The maximum atomic E-state index is 13.8. The molecular weight excluding hydrogens is 397 g/mol. The Hall–Kier alpha value is -3.32. The summed E-state index contributed by atoms with van der Waals surface area (Å²) in [6.45, 7) is 0.978. The van der Waals surface area contributed by atoms with Crippen molar-refractivity contribution in [3.05, 3.63) is 72.2 Å².